The molecule has 3 heteroatoms. The lowest BCUT2D eigenvalue weighted by Crippen LogP contribution is -2.54. The Bertz CT molecular complexity index is 722. The van der Waals surface area contributed by atoms with Gasteiger partial charge in [0.1, 0.15) is 5.94 Å². The third kappa shape index (κ3) is 3.31. The Kier molecular flexibility index (Phi) is 5.99. The number of hydrogen-bond donors (Lipinski definition) is 1. The van der Waals surface area contributed by atoms with Crippen LogP contribution in [0.25, 0.3) is 0 Å². The summed E-state index contributed by atoms with van der Waals surface area (Å²) in [6.07, 6.45) is 12.7. The number of fused-ring (bicyclic) bond motifs is 5. The van der Waals surface area contributed by atoms with E-state index in [2.05, 4.69) is 26.7 Å². The molecule has 0 aromatic rings. The highest BCUT2D eigenvalue weighted by atomic mass is 16.4. The molecule has 4 fully saturated rings. The van der Waals surface area contributed by atoms with E-state index in [1.54, 1.807) is 0 Å². The molecule has 4 aliphatic carbocycles. The first-order valence-corrected chi connectivity index (χ1v) is 12.7. The Morgan fingerprint density at radius 1 is 1.10 bits per heavy atom. The monoisotopic (exact) mass is 414 g/mol. The van der Waals surface area contributed by atoms with Crippen LogP contribution in [0, 0.1) is 52.3 Å². The fourth-order valence-electron chi connectivity index (χ4n) is 9.16. The molecule has 0 amide bonds. The van der Waals surface area contributed by atoms with Gasteiger partial charge in [0.25, 0.3) is 0 Å². The molecule has 0 aromatic carbocycles. The zero-order valence-electron chi connectivity index (χ0n) is 19.6. The summed E-state index contributed by atoms with van der Waals surface area (Å²) in [5.74, 6) is 4.99. The summed E-state index contributed by atoms with van der Waals surface area (Å²) >= 11 is 0. The second kappa shape index (κ2) is 8.12. The number of carboxylic acid groups (broad SMARTS) is 1. The van der Waals surface area contributed by atoms with Crippen LogP contribution in [0.5, 0.6) is 0 Å². The van der Waals surface area contributed by atoms with E-state index in [0.29, 0.717) is 40.9 Å². The third-order valence-electron chi connectivity index (χ3n) is 10.8. The third-order valence-corrected chi connectivity index (χ3v) is 10.8. The highest BCUT2D eigenvalue weighted by Crippen LogP contribution is 2.69. The molecular formula is C27H42O3. The molecule has 30 heavy (non-hydrogen) atoms. The van der Waals surface area contributed by atoms with Crippen LogP contribution in [0.4, 0.5) is 0 Å². The first-order valence-electron chi connectivity index (χ1n) is 12.7. The Balaban J connectivity index is 1.60. The van der Waals surface area contributed by atoms with Crippen molar-refractivity contribution in [3.05, 3.63) is 5.57 Å². The average molecular weight is 415 g/mol. The van der Waals surface area contributed by atoms with Crippen molar-refractivity contribution in [3.8, 4) is 0 Å². The lowest BCUT2D eigenvalue weighted by atomic mass is 9.43. The minimum Gasteiger partial charge on any atom is -0.481 e. The molecule has 4 saturated carbocycles. The second-order valence-corrected chi connectivity index (χ2v) is 11.9. The number of rotatable bonds is 5. The van der Waals surface area contributed by atoms with Crippen LogP contribution in [0.2, 0.25) is 0 Å². The Morgan fingerprint density at radius 2 is 1.83 bits per heavy atom. The van der Waals surface area contributed by atoms with Crippen LogP contribution < -0.4 is 0 Å². The molecule has 9 atom stereocenters. The van der Waals surface area contributed by atoms with Crippen molar-refractivity contribution in [1.82, 2.24) is 0 Å². The van der Waals surface area contributed by atoms with Gasteiger partial charge >= 0.3 is 5.97 Å². The maximum atomic E-state index is 12.1. The number of carbonyl (C=O) groups is 1. The van der Waals surface area contributed by atoms with Gasteiger partial charge in [-0.15, -0.1) is 0 Å². The van der Waals surface area contributed by atoms with Gasteiger partial charge in [-0.1, -0.05) is 40.5 Å². The molecule has 0 aliphatic heterocycles. The molecule has 4 rings (SSSR count). The highest BCUT2D eigenvalue weighted by Gasteiger charge is 2.61. The molecule has 0 radical (unpaired) electrons. The van der Waals surface area contributed by atoms with Crippen molar-refractivity contribution >= 4 is 11.9 Å². The maximum Gasteiger partial charge on any atom is 0.306 e. The summed E-state index contributed by atoms with van der Waals surface area (Å²) < 4.78 is 0. The van der Waals surface area contributed by atoms with Gasteiger partial charge in [0.15, 0.2) is 0 Å². The molecule has 0 heterocycles. The number of aliphatic carboxylic acids is 1. The lowest BCUT2D eigenvalue weighted by Gasteiger charge is -2.61. The van der Waals surface area contributed by atoms with Crippen molar-refractivity contribution in [2.75, 3.05) is 0 Å². The van der Waals surface area contributed by atoms with Crippen LogP contribution in [0.1, 0.15) is 98.3 Å². The molecule has 0 spiro atoms. The SMILES string of the molecule is CCC(CC(C)[C@H]1CC[C@H]2[C@@H]3C(=C=O)CC4CCCC[C@]4(C)[C@H]3CC[C@]12C)C(=O)O. The molecule has 168 valence electrons. The summed E-state index contributed by atoms with van der Waals surface area (Å²) in [4.78, 5) is 23.8. The van der Waals surface area contributed by atoms with Gasteiger partial charge in [-0.2, -0.15) is 0 Å². The predicted molar refractivity (Wildman–Crippen MR) is 120 cm³/mol. The van der Waals surface area contributed by atoms with Crippen LogP contribution in [0.3, 0.4) is 0 Å². The zero-order valence-corrected chi connectivity index (χ0v) is 19.6. The number of carbonyl (C=O) groups excluding carboxylic acids is 1. The van der Waals surface area contributed by atoms with Crippen molar-refractivity contribution in [2.24, 2.45) is 52.3 Å². The van der Waals surface area contributed by atoms with Crippen molar-refractivity contribution < 1.29 is 14.7 Å². The smallest absolute Gasteiger partial charge is 0.306 e. The molecule has 0 saturated heterocycles. The van der Waals surface area contributed by atoms with Gasteiger partial charge in [0, 0.05) is 5.57 Å². The summed E-state index contributed by atoms with van der Waals surface area (Å²) in [5, 5.41) is 9.57. The quantitative estimate of drug-likeness (QED) is 0.520. The van der Waals surface area contributed by atoms with Gasteiger partial charge < -0.3 is 5.11 Å². The Morgan fingerprint density at radius 3 is 2.50 bits per heavy atom. The van der Waals surface area contributed by atoms with Crippen molar-refractivity contribution in [1.29, 1.82) is 0 Å². The number of allylic oxidation sites excluding steroid dienone is 1. The highest BCUT2D eigenvalue weighted by molar-refractivity contribution is 5.69. The van der Waals surface area contributed by atoms with Gasteiger partial charge in [0.2, 0.25) is 0 Å². The summed E-state index contributed by atoms with van der Waals surface area (Å²) in [5.41, 5.74) is 1.77. The van der Waals surface area contributed by atoms with E-state index < -0.39 is 5.97 Å². The fraction of sp³-hybridized carbons (Fsp3) is 0.889. The molecular weight excluding hydrogens is 372 g/mol. The van der Waals surface area contributed by atoms with Crippen molar-refractivity contribution in [2.45, 2.75) is 98.3 Å². The summed E-state index contributed by atoms with van der Waals surface area (Å²) in [6.45, 7) is 9.33. The first kappa shape index (κ1) is 22.1. The summed E-state index contributed by atoms with van der Waals surface area (Å²) in [7, 11) is 0. The van der Waals surface area contributed by atoms with E-state index in [4.69, 9.17) is 0 Å². The minimum absolute atomic E-state index is 0.221. The van der Waals surface area contributed by atoms with Gasteiger partial charge in [-0.3, -0.25) is 4.79 Å². The topological polar surface area (TPSA) is 54.4 Å². The molecule has 0 bridgehead atoms. The summed E-state index contributed by atoms with van der Waals surface area (Å²) in [6, 6.07) is 0. The van der Waals surface area contributed by atoms with Gasteiger partial charge in [-0.25, -0.2) is 4.79 Å². The molecule has 3 unspecified atom stereocenters. The second-order valence-electron chi connectivity index (χ2n) is 11.9. The largest absolute Gasteiger partial charge is 0.481 e. The van der Waals surface area contributed by atoms with E-state index >= 15 is 0 Å². The van der Waals surface area contributed by atoms with E-state index in [1.165, 1.54) is 51.4 Å². The van der Waals surface area contributed by atoms with Crippen LogP contribution in [0.15, 0.2) is 5.57 Å². The van der Waals surface area contributed by atoms with Crippen molar-refractivity contribution in [3.63, 3.8) is 0 Å². The van der Waals surface area contributed by atoms with Crippen LogP contribution in [-0.4, -0.2) is 17.0 Å². The van der Waals surface area contributed by atoms with E-state index in [9.17, 15) is 14.7 Å². The molecule has 3 nitrogen and oxygen atoms in total. The minimum atomic E-state index is -0.637. The number of carboxylic acids is 1. The standard InChI is InChI=1S/C27H42O3/c1-5-18(25(29)30)14-17(2)21-9-10-22-24-19(16-28)15-20-8-6-7-12-26(20,3)23(24)11-13-27(21,22)4/h17-18,20-24H,5-15H2,1-4H3,(H,29,30)/t17?,18?,20?,21-,22+,23+,24+,26+,27-/m1/s1. The Labute approximate surface area is 183 Å². The average Bonchev–Trinajstić information content (AvgIpc) is 3.08. The molecule has 1 N–H and O–H groups in total. The van der Waals surface area contributed by atoms with Gasteiger partial charge in [0.05, 0.1) is 5.92 Å². The van der Waals surface area contributed by atoms with Crippen LogP contribution >= 0.6 is 0 Å². The van der Waals surface area contributed by atoms with Gasteiger partial charge in [-0.05, 0) is 104 Å². The van der Waals surface area contributed by atoms with E-state index in [0.717, 1.165) is 24.8 Å². The van der Waals surface area contributed by atoms with Crippen LogP contribution in [-0.2, 0) is 9.59 Å². The van der Waals surface area contributed by atoms with E-state index in [1.807, 2.05) is 6.92 Å². The zero-order chi connectivity index (χ0) is 21.7. The van der Waals surface area contributed by atoms with E-state index in [-0.39, 0.29) is 11.3 Å². The predicted octanol–water partition coefficient (Wildman–Crippen LogP) is 6.54. The maximum absolute atomic E-state index is 12.1. The normalized spacial score (nSPS) is 44.9. The Hall–Kier alpha value is -1.08. The lowest BCUT2D eigenvalue weighted by molar-refractivity contribution is -0.143. The first-order chi connectivity index (χ1) is 14.3. The fourth-order valence-corrected chi connectivity index (χ4v) is 9.16. The molecule has 4 aliphatic rings. The molecule has 0 aromatic heterocycles. The number of hydrogen-bond acceptors (Lipinski definition) is 2.